The summed E-state index contributed by atoms with van der Waals surface area (Å²) in [4.78, 5) is 24.0. The van der Waals surface area contributed by atoms with Crippen LogP contribution in [0.5, 0.6) is 0 Å². The fourth-order valence-corrected chi connectivity index (χ4v) is 2.83. The van der Waals surface area contributed by atoms with Crippen molar-refractivity contribution in [1.29, 1.82) is 0 Å². The third-order valence-corrected chi connectivity index (χ3v) is 3.89. The highest BCUT2D eigenvalue weighted by molar-refractivity contribution is 5.97. The predicted molar refractivity (Wildman–Crippen MR) is 73.5 cm³/mol. The van der Waals surface area contributed by atoms with Gasteiger partial charge in [-0.15, -0.1) is 0 Å². The SMILES string of the molecule is CNC(=O)c1ccc2[nH]n(C3CCCC3)c(=O)c2c1. The standard InChI is InChI=1S/C14H17N3O2/c1-15-13(18)9-6-7-12-11(8-9)14(19)17(16-12)10-4-2-3-5-10/h6-8,10,16H,2-5H2,1H3,(H,15,18). The van der Waals surface area contributed by atoms with Crippen LogP contribution >= 0.6 is 0 Å². The number of nitrogens with one attached hydrogen (secondary N) is 2. The van der Waals surface area contributed by atoms with Gasteiger partial charge in [-0.1, -0.05) is 12.8 Å². The first-order valence-corrected chi connectivity index (χ1v) is 6.67. The second kappa shape index (κ2) is 4.57. The molecule has 19 heavy (non-hydrogen) atoms. The van der Waals surface area contributed by atoms with Crippen molar-refractivity contribution in [3.05, 3.63) is 34.1 Å². The van der Waals surface area contributed by atoms with Gasteiger partial charge in [0.05, 0.1) is 16.9 Å². The Bertz CT molecular complexity index is 678. The number of fused-ring (bicyclic) bond motifs is 1. The van der Waals surface area contributed by atoms with E-state index in [-0.39, 0.29) is 17.5 Å². The average Bonchev–Trinajstić information content (AvgIpc) is 3.06. The van der Waals surface area contributed by atoms with Crippen LogP contribution in [0, 0.1) is 0 Å². The summed E-state index contributed by atoms with van der Waals surface area (Å²) in [7, 11) is 1.58. The third kappa shape index (κ3) is 1.95. The molecule has 0 atom stereocenters. The molecule has 0 bridgehead atoms. The van der Waals surface area contributed by atoms with Gasteiger partial charge in [0.25, 0.3) is 11.5 Å². The molecule has 100 valence electrons. The smallest absolute Gasteiger partial charge is 0.274 e. The molecule has 0 spiro atoms. The topological polar surface area (TPSA) is 66.9 Å². The minimum Gasteiger partial charge on any atom is -0.355 e. The lowest BCUT2D eigenvalue weighted by Crippen LogP contribution is -2.21. The lowest BCUT2D eigenvalue weighted by Gasteiger charge is -2.08. The second-order valence-corrected chi connectivity index (χ2v) is 5.06. The average molecular weight is 259 g/mol. The van der Waals surface area contributed by atoms with Crippen LogP contribution in [0.15, 0.2) is 23.0 Å². The van der Waals surface area contributed by atoms with Crippen molar-refractivity contribution in [2.75, 3.05) is 7.05 Å². The molecule has 0 radical (unpaired) electrons. The zero-order chi connectivity index (χ0) is 13.4. The van der Waals surface area contributed by atoms with Crippen molar-refractivity contribution in [2.45, 2.75) is 31.7 Å². The number of rotatable bonds is 2. The monoisotopic (exact) mass is 259 g/mol. The summed E-state index contributed by atoms with van der Waals surface area (Å²) < 4.78 is 1.73. The van der Waals surface area contributed by atoms with Crippen molar-refractivity contribution in [2.24, 2.45) is 0 Å². The van der Waals surface area contributed by atoms with Crippen LogP contribution < -0.4 is 10.9 Å². The van der Waals surface area contributed by atoms with Crippen LogP contribution in [0.1, 0.15) is 42.1 Å². The molecule has 1 amide bonds. The molecule has 0 saturated heterocycles. The number of carbonyl (C=O) groups is 1. The second-order valence-electron chi connectivity index (χ2n) is 5.06. The van der Waals surface area contributed by atoms with E-state index in [1.807, 2.05) is 0 Å². The summed E-state index contributed by atoms with van der Waals surface area (Å²) in [5, 5.41) is 6.32. The molecule has 5 nitrogen and oxygen atoms in total. The van der Waals surface area contributed by atoms with E-state index in [4.69, 9.17) is 0 Å². The molecule has 2 aromatic rings. The molecule has 1 saturated carbocycles. The molecule has 0 unspecified atom stereocenters. The van der Waals surface area contributed by atoms with E-state index in [2.05, 4.69) is 10.4 Å². The Labute approximate surface area is 110 Å². The molecular formula is C14H17N3O2. The number of hydrogen-bond donors (Lipinski definition) is 2. The minimum atomic E-state index is -0.171. The van der Waals surface area contributed by atoms with Crippen molar-refractivity contribution in [1.82, 2.24) is 15.1 Å². The third-order valence-electron chi connectivity index (χ3n) is 3.89. The van der Waals surface area contributed by atoms with Gasteiger partial charge < -0.3 is 5.32 Å². The molecule has 1 aromatic heterocycles. The van der Waals surface area contributed by atoms with Crippen LogP contribution in [0.25, 0.3) is 10.9 Å². The number of carbonyl (C=O) groups excluding carboxylic acids is 1. The maximum atomic E-state index is 12.4. The van der Waals surface area contributed by atoms with E-state index in [0.717, 1.165) is 18.4 Å². The number of nitrogens with zero attached hydrogens (tertiary/aromatic N) is 1. The molecule has 5 heteroatoms. The predicted octanol–water partition coefficient (Wildman–Crippen LogP) is 1.80. The first-order valence-electron chi connectivity index (χ1n) is 6.67. The highest BCUT2D eigenvalue weighted by atomic mass is 16.1. The van der Waals surface area contributed by atoms with Gasteiger partial charge in [0.15, 0.2) is 0 Å². The van der Waals surface area contributed by atoms with Crippen LogP contribution in [0.3, 0.4) is 0 Å². The Morgan fingerprint density at radius 2 is 2.11 bits per heavy atom. The van der Waals surface area contributed by atoms with Crippen LogP contribution in [-0.4, -0.2) is 22.7 Å². The van der Waals surface area contributed by atoms with E-state index >= 15 is 0 Å². The largest absolute Gasteiger partial charge is 0.355 e. The van der Waals surface area contributed by atoms with E-state index in [9.17, 15) is 9.59 Å². The Kier molecular flexibility index (Phi) is 2.89. The summed E-state index contributed by atoms with van der Waals surface area (Å²) in [6.45, 7) is 0. The maximum absolute atomic E-state index is 12.4. The number of aromatic amines is 1. The number of H-pyrrole nitrogens is 1. The van der Waals surface area contributed by atoms with E-state index in [0.29, 0.717) is 10.9 Å². The zero-order valence-electron chi connectivity index (χ0n) is 10.9. The molecule has 2 N–H and O–H groups in total. The van der Waals surface area contributed by atoms with Gasteiger partial charge in [0.1, 0.15) is 0 Å². The maximum Gasteiger partial charge on any atom is 0.274 e. The zero-order valence-corrected chi connectivity index (χ0v) is 10.9. The fraction of sp³-hybridized carbons (Fsp3) is 0.429. The molecule has 1 aliphatic carbocycles. The van der Waals surface area contributed by atoms with Crippen LogP contribution in [0.4, 0.5) is 0 Å². The highest BCUT2D eigenvalue weighted by Crippen LogP contribution is 2.28. The number of benzene rings is 1. The molecule has 3 rings (SSSR count). The van der Waals surface area contributed by atoms with Gasteiger partial charge in [-0.2, -0.15) is 0 Å². The van der Waals surface area contributed by atoms with Gasteiger partial charge in [-0.05, 0) is 31.0 Å². The Balaban J connectivity index is 2.10. The molecule has 1 aromatic carbocycles. The molecule has 1 heterocycles. The van der Waals surface area contributed by atoms with Crippen LogP contribution in [-0.2, 0) is 0 Å². The lowest BCUT2D eigenvalue weighted by molar-refractivity contribution is 0.0963. The molecule has 1 fully saturated rings. The van der Waals surface area contributed by atoms with E-state index in [1.54, 1.807) is 29.9 Å². The van der Waals surface area contributed by atoms with Gasteiger partial charge in [-0.3, -0.25) is 14.7 Å². The van der Waals surface area contributed by atoms with Crippen molar-refractivity contribution in [3.8, 4) is 0 Å². The Morgan fingerprint density at radius 3 is 2.79 bits per heavy atom. The molecule has 1 aliphatic rings. The van der Waals surface area contributed by atoms with Crippen LogP contribution in [0.2, 0.25) is 0 Å². The van der Waals surface area contributed by atoms with Crippen molar-refractivity contribution >= 4 is 16.8 Å². The molecular weight excluding hydrogens is 242 g/mol. The van der Waals surface area contributed by atoms with Gasteiger partial charge in [0.2, 0.25) is 0 Å². The Morgan fingerprint density at radius 1 is 1.37 bits per heavy atom. The Hall–Kier alpha value is -2.04. The van der Waals surface area contributed by atoms with Crippen molar-refractivity contribution < 1.29 is 4.79 Å². The van der Waals surface area contributed by atoms with E-state index in [1.165, 1.54) is 12.8 Å². The highest BCUT2D eigenvalue weighted by Gasteiger charge is 2.20. The summed E-state index contributed by atoms with van der Waals surface area (Å²) in [6.07, 6.45) is 4.45. The first-order chi connectivity index (χ1) is 9.20. The fourth-order valence-electron chi connectivity index (χ4n) is 2.83. The van der Waals surface area contributed by atoms with Gasteiger partial charge >= 0.3 is 0 Å². The quantitative estimate of drug-likeness (QED) is 0.863. The summed E-state index contributed by atoms with van der Waals surface area (Å²) in [5.74, 6) is -0.171. The van der Waals surface area contributed by atoms with Gasteiger partial charge in [-0.25, -0.2) is 4.68 Å². The first kappa shape index (κ1) is 12.0. The summed E-state index contributed by atoms with van der Waals surface area (Å²) >= 11 is 0. The number of aromatic nitrogens is 2. The van der Waals surface area contributed by atoms with Gasteiger partial charge in [0, 0.05) is 12.6 Å². The van der Waals surface area contributed by atoms with Crippen molar-refractivity contribution in [3.63, 3.8) is 0 Å². The number of amides is 1. The normalized spacial score (nSPS) is 16.1. The van der Waals surface area contributed by atoms with E-state index < -0.39 is 0 Å². The summed E-state index contributed by atoms with van der Waals surface area (Å²) in [6, 6.07) is 5.48. The number of hydrogen-bond acceptors (Lipinski definition) is 2. The summed E-state index contributed by atoms with van der Waals surface area (Å²) in [5.41, 5.74) is 1.29. The lowest BCUT2D eigenvalue weighted by atomic mass is 10.1. The molecule has 0 aliphatic heterocycles. The minimum absolute atomic E-state index is 0.0207.